The largest absolute Gasteiger partial charge is 0.492 e. The molecule has 0 saturated carbocycles. The average Bonchev–Trinajstić information content (AvgIpc) is 2.80. The number of carbonyl (C=O) groups is 1. The summed E-state index contributed by atoms with van der Waals surface area (Å²) in [6.07, 6.45) is 0. The summed E-state index contributed by atoms with van der Waals surface area (Å²) in [4.78, 5) is 34.4. The molecule has 0 amide bonds. The van der Waals surface area contributed by atoms with Crippen LogP contribution in [0.15, 0.2) is 22.9 Å². The minimum Gasteiger partial charge on any atom is -0.478 e. The molecule has 0 fully saturated rings. The van der Waals surface area contributed by atoms with Crippen LogP contribution >= 0.6 is 15.9 Å². The number of hydrogen-bond donors (Lipinski definition) is 1. The molecule has 2 rings (SSSR count). The third kappa shape index (κ3) is 2.69. The van der Waals surface area contributed by atoms with Crippen LogP contribution in [-0.2, 0) is 0 Å². The lowest BCUT2D eigenvalue weighted by Crippen LogP contribution is -2.08. The number of aromatic nitrogens is 3. The van der Waals surface area contributed by atoms with Gasteiger partial charge in [-0.1, -0.05) is 0 Å². The average molecular weight is 358 g/mol. The van der Waals surface area contributed by atoms with Gasteiger partial charge in [-0.2, -0.15) is 0 Å². The molecule has 1 heterocycles. The van der Waals surface area contributed by atoms with Crippen molar-refractivity contribution in [3.63, 3.8) is 0 Å². The minimum absolute atomic E-state index is 0.155. The molecule has 0 bridgehead atoms. The molecule has 1 N–H and O–H groups in total. The first-order chi connectivity index (χ1) is 9.81. The summed E-state index contributed by atoms with van der Waals surface area (Å²) in [7, 11) is 0. The van der Waals surface area contributed by atoms with E-state index in [0.29, 0.717) is 0 Å². The Morgan fingerprint density at radius 2 is 1.95 bits per heavy atom. The number of nitro benzene ring substituents is 1. The fourth-order valence-corrected chi connectivity index (χ4v) is 1.93. The zero-order valence-electron chi connectivity index (χ0n) is 9.83. The van der Waals surface area contributed by atoms with Gasteiger partial charge in [-0.15, -0.1) is 4.68 Å². The maximum atomic E-state index is 11.1. The fourth-order valence-electron chi connectivity index (χ4n) is 1.50. The van der Waals surface area contributed by atoms with Crippen molar-refractivity contribution in [1.29, 1.82) is 0 Å². The van der Waals surface area contributed by atoms with Gasteiger partial charge < -0.3 is 15.2 Å². The van der Waals surface area contributed by atoms with Gasteiger partial charge in [0.1, 0.15) is 5.69 Å². The van der Waals surface area contributed by atoms with Gasteiger partial charge in [-0.25, -0.2) is 4.79 Å². The number of non-ortho nitro benzene ring substituents is 1. The van der Waals surface area contributed by atoms with Gasteiger partial charge in [-0.3, -0.25) is 10.1 Å². The van der Waals surface area contributed by atoms with E-state index < -0.39 is 21.8 Å². The summed E-state index contributed by atoms with van der Waals surface area (Å²) < 4.78 is 0.645. The van der Waals surface area contributed by atoms with E-state index in [1.165, 1.54) is 0 Å². The molecule has 2 aromatic rings. The molecule has 1 aromatic heterocycles. The number of nitrogens with zero attached hydrogens (tertiary/aromatic N) is 5. The van der Waals surface area contributed by atoms with Crippen molar-refractivity contribution in [2.24, 2.45) is 0 Å². The highest BCUT2D eigenvalue weighted by Crippen LogP contribution is 2.25. The Hall–Kier alpha value is -2.89. The highest BCUT2D eigenvalue weighted by atomic mass is 79.9. The van der Waals surface area contributed by atoms with Crippen LogP contribution in [0.25, 0.3) is 5.69 Å². The third-order valence-electron chi connectivity index (χ3n) is 2.37. The summed E-state index contributed by atoms with van der Waals surface area (Å²) in [6.45, 7) is 0. The summed E-state index contributed by atoms with van der Waals surface area (Å²) in [5.74, 6) is -2.14. The van der Waals surface area contributed by atoms with Crippen LogP contribution in [0.1, 0.15) is 10.4 Å². The quantitative estimate of drug-likeness (QED) is 0.637. The zero-order chi connectivity index (χ0) is 15.7. The molecule has 1 aromatic carbocycles. The Balaban J connectivity index is 2.71. The molecule has 0 saturated heterocycles. The SMILES string of the molecule is O=C(O)c1ccc([N+](=O)[O-])cc1-n1nc([N+](=O)[O-])nc1Br. The number of halogens is 1. The Bertz CT molecular complexity index is 772. The standard InChI is InChI=1S/C9H4BrN5O6/c10-8-11-9(15(20)21)12-13(8)6-3-4(14(18)19)1-2-5(6)7(16)17/h1-3H,(H,16,17). The van der Waals surface area contributed by atoms with E-state index in [1.54, 1.807) is 0 Å². The van der Waals surface area contributed by atoms with Crippen LogP contribution < -0.4 is 0 Å². The lowest BCUT2D eigenvalue weighted by Gasteiger charge is -2.03. The third-order valence-corrected chi connectivity index (χ3v) is 2.88. The van der Waals surface area contributed by atoms with Crippen molar-refractivity contribution >= 4 is 33.5 Å². The van der Waals surface area contributed by atoms with Crippen LogP contribution in [0.5, 0.6) is 0 Å². The van der Waals surface area contributed by atoms with Gasteiger partial charge in [0.2, 0.25) is 0 Å². The number of carboxylic acids is 1. The highest BCUT2D eigenvalue weighted by Gasteiger charge is 2.26. The minimum atomic E-state index is -1.37. The molecular formula is C9H4BrN5O6. The van der Waals surface area contributed by atoms with Crippen molar-refractivity contribution in [1.82, 2.24) is 14.8 Å². The number of hydrogen-bond acceptors (Lipinski definition) is 7. The predicted molar refractivity (Wildman–Crippen MR) is 69.3 cm³/mol. The Labute approximate surface area is 123 Å². The maximum Gasteiger partial charge on any atom is 0.492 e. The van der Waals surface area contributed by atoms with E-state index in [0.717, 1.165) is 22.9 Å². The van der Waals surface area contributed by atoms with E-state index in [2.05, 4.69) is 26.0 Å². The monoisotopic (exact) mass is 357 g/mol. The molecule has 21 heavy (non-hydrogen) atoms. The number of aromatic carboxylic acids is 1. The molecule has 0 aliphatic rings. The second-order valence-corrected chi connectivity index (χ2v) is 4.32. The number of nitro groups is 2. The Kier molecular flexibility index (Phi) is 3.62. The normalized spacial score (nSPS) is 10.3. The van der Waals surface area contributed by atoms with Gasteiger partial charge in [0.15, 0.2) is 0 Å². The van der Waals surface area contributed by atoms with E-state index in [9.17, 15) is 25.0 Å². The number of benzene rings is 1. The number of rotatable bonds is 4. The molecule has 0 radical (unpaired) electrons. The molecule has 108 valence electrons. The van der Waals surface area contributed by atoms with E-state index in [1.807, 2.05) is 0 Å². The maximum absolute atomic E-state index is 11.1. The summed E-state index contributed by atoms with van der Waals surface area (Å²) in [6, 6.07) is 2.95. The second-order valence-electron chi connectivity index (χ2n) is 3.61. The first-order valence-electron chi connectivity index (χ1n) is 5.10. The van der Waals surface area contributed by atoms with Crippen LogP contribution in [0.2, 0.25) is 0 Å². The van der Waals surface area contributed by atoms with Crippen LogP contribution in [0.4, 0.5) is 11.6 Å². The van der Waals surface area contributed by atoms with Crippen molar-refractivity contribution in [3.8, 4) is 5.69 Å². The van der Waals surface area contributed by atoms with Gasteiger partial charge in [0.25, 0.3) is 10.4 Å². The predicted octanol–water partition coefficient (Wildman–Crippen LogP) is 1.54. The van der Waals surface area contributed by atoms with Gasteiger partial charge >= 0.3 is 11.9 Å². The van der Waals surface area contributed by atoms with Gasteiger partial charge in [0.05, 0.1) is 10.5 Å². The lowest BCUT2D eigenvalue weighted by molar-refractivity contribution is -0.394. The van der Waals surface area contributed by atoms with Crippen LogP contribution in [0, 0.1) is 20.2 Å². The highest BCUT2D eigenvalue weighted by molar-refractivity contribution is 9.10. The van der Waals surface area contributed by atoms with Crippen LogP contribution in [0.3, 0.4) is 0 Å². The summed E-state index contributed by atoms with van der Waals surface area (Å²) in [5, 5.41) is 33.9. The first-order valence-corrected chi connectivity index (χ1v) is 5.89. The van der Waals surface area contributed by atoms with E-state index in [4.69, 9.17) is 5.11 Å². The van der Waals surface area contributed by atoms with E-state index in [-0.39, 0.29) is 21.7 Å². The molecule has 0 aliphatic heterocycles. The molecule has 11 nitrogen and oxygen atoms in total. The lowest BCUT2D eigenvalue weighted by atomic mass is 10.1. The fraction of sp³-hybridized carbons (Fsp3) is 0. The zero-order valence-corrected chi connectivity index (χ0v) is 11.4. The molecule has 12 heteroatoms. The van der Waals surface area contributed by atoms with Gasteiger partial charge in [-0.05, 0) is 16.0 Å². The van der Waals surface area contributed by atoms with E-state index >= 15 is 0 Å². The second kappa shape index (κ2) is 5.24. The molecule has 0 atom stereocenters. The molecular weight excluding hydrogens is 354 g/mol. The Morgan fingerprint density at radius 3 is 2.43 bits per heavy atom. The molecule has 0 aliphatic carbocycles. The van der Waals surface area contributed by atoms with Crippen molar-refractivity contribution in [2.45, 2.75) is 0 Å². The Morgan fingerprint density at radius 1 is 1.29 bits per heavy atom. The van der Waals surface area contributed by atoms with Crippen molar-refractivity contribution in [2.75, 3.05) is 0 Å². The van der Waals surface area contributed by atoms with Crippen molar-refractivity contribution < 1.29 is 19.7 Å². The first kappa shape index (κ1) is 14.5. The number of carboxylic acid groups (broad SMARTS) is 1. The van der Waals surface area contributed by atoms with Crippen LogP contribution in [-0.4, -0.2) is 35.7 Å². The van der Waals surface area contributed by atoms with Gasteiger partial charge in [0, 0.05) is 33.2 Å². The molecule has 0 spiro atoms. The molecule has 0 unspecified atom stereocenters. The van der Waals surface area contributed by atoms with Crippen molar-refractivity contribution in [3.05, 3.63) is 48.7 Å². The summed E-state index contributed by atoms with van der Waals surface area (Å²) >= 11 is 2.89. The topological polar surface area (TPSA) is 154 Å². The smallest absolute Gasteiger partial charge is 0.478 e. The summed E-state index contributed by atoms with van der Waals surface area (Å²) in [5.41, 5.74) is -0.926.